The van der Waals surface area contributed by atoms with Gasteiger partial charge in [-0.1, -0.05) is 17.7 Å². The Hall–Kier alpha value is -3.04. The van der Waals surface area contributed by atoms with Crippen molar-refractivity contribution in [3.8, 4) is 11.5 Å². The molecule has 0 amide bonds. The van der Waals surface area contributed by atoms with E-state index in [9.17, 15) is 13.2 Å². The quantitative estimate of drug-likeness (QED) is 0.632. The number of hydrogen-bond acceptors (Lipinski definition) is 7. The van der Waals surface area contributed by atoms with Gasteiger partial charge in [-0.25, -0.2) is 17.9 Å². The number of aryl methyl sites for hydroxylation is 1. The Morgan fingerprint density at radius 1 is 1.07 bits per heavy atom. The van der Waals surface area contributed by atoms with Gasteiger partial charge < -0.3 is 9.15 Å². The SMILES string of the molecule is CNS(=O)(=O)c1ccc(C(=O)OC(C)c2nnc(-c3ccc(C)cc3)o2)cc1. The van der Waals surface area contributed by atoms with Crippen LogP contribution in [-0.2, 0) is 14.8 Å². The number of hydrogen-bond donors (Lipinski definition) is 1. The lowest BCUT2D eigenvalue weighted by Gasteiger charge is -2.10. The van der Waals surface area contributed by atoms with Crippen LogP contribution in [0.2, 0.25) is 0 Å². The average molecular weight is 401 g/mol. The van der Waals surface area contributed by atoms with Crippen molar-refractivity contribution < 1.29 is 22.4 Å². The minimum absolute atomic E-state index is 0.0549. The molecule has 0 aliphatic rings. The van der Waals surface area contributed by atoms with Crippen molar-refractivity contribution in [2.45, 2.75) is 24.8 Å². The van der Waals surface area contributed by atoms with Gasteiger partial charge in [0.1, 0.15) is 0 Å². The zero-order chi connectivity index (χ0) is 20.3. The average Bonchev–Trinajstić information content (AvgIpc) is 3.19. The molecule has 0 fully saturated rings. The monoisotopic (exact) mass is 401 g/mol. The normalized spacial score (nSPS) is 12.5. The maximum absolute atomic E-state index is 12.3. The third-order valence-electron chi connectivity index (χ3n) is 4.04. The molecular formula is C19H19N3O5S. The summed E-state index contributed by atoms with van der Waals surface area (Å²) in [7, 11) is -2.25. The summed E-state index contributed by atoms with van der Waals surface area (Å²) >= 11 is 0. The second-order valence-corrected chi connectivity index (χ2v) is 7.98. The Morgan fingerprint density at radius 3 is 2.32 bits per heavy atom. The molecule has 28 heavy (non-hydrogen) atoms. The fourth-order valence-electron chi connectivity index (χ4n) is 2.38. The second kappa shape index (κ2) is 7.91. The highest BCUT2D eigenvalue weighted by atomic mass is 32.2. The van der Waals surface area contributed by atoms with Gasteiger partial charge in [0.25, 0.3) is 5.89 Å². The molecule has 1 N–H and O–H groups in total. The number of ether oxygens (including phenoxy) is 1. The van der Waals surface area contributed by atoms with E-state index in [-0.39, 0.29) is 16.3 Å². The van der Waals surface area contributed by atoms with Gasteiger partial charge in [0.2, 0.25) is 15.9 Å². The molecule has 3 rings (SSSR count). The minimum Gasteiger partial charge on any atom is -0.449 e. The Kier molecular flexibility index (Phi) is 5.57. The lowest BCUT2D eigenvalue weighted by atomic mass is 10.1. The van der Waals surface area contributed by atoms with Gasteiger partial charge >= 0.3 is 5.97 Å². The topological polar surface area (TPSA) is 111 Å². The van der Waals surface area contributed by atoms with Crippen LogP contribution in [0.1, 0.15) is 34.8 Å². The van der Waals surface area contributed by atoms with Gasteiger partial charge in [-0.2, -0.15) is 0 Å². The molecule has 1 atom stereocenters. The van der Waals surface area contributed by atoms with E-state index in [0.29, 0.717) is 5.89 Å². The zero-order valence-electron chi connectivity index (χ0n) is 15.5. The van der Waals surface area contributed by atoms with Gasteiger partial charge in [-0.3, -0.25) is 0 Å². The van der Waals surface area contributed by atoms with Crippen LogP contribution in [0.25, 0.3) is 11.5 Å². The first-order valence-electron chi connectivity index (χ1n) is 8.45. The van der Waals surface area contributed by atoms with Crippen LogP contribution < -0.4 is 4.72 Å². The van der Waals surface area contributed by atoms with Crippen LogP contribution in [0, 0.1) is 6.92 Å². The number of aromatic nitrogens is 2. The van der Waals surface area contributed by atoms with E-state index in [2.05, 4.69) is 14.9 Å². The summed E-state index contributed by atoms with van der Waals surface area (Å²) in [5, 5.41) is 7.92. The molecular weight excluding hydrogens is 382 g/mol. The third kappa shape index (κ3) is 4.26. The summed E-state index contributed by atoms with van der Waals surface area (Å²) in [5.74, 6) is -0.131. The summed E-state index contributed by atoms with van der Waals surface area (Å²) in [5.41, 5.74) is 2.09. The standard InChI is InChI=1S/C19H19N3O5S/c1-12-4-6-14(7-5-12)18-22-21-17(27-18)13(2)26-19(23)15-8-10-16(11-9-15)28(24,25)20-3/h4-11,13,20H,1-3H3. The zero-order valence-corrected chi connectivity index (χ0v) is 16.4. The Balaban J connectivity index is 1.70. The van der Waals surface area contributed by atoms with Gasteiger partial charge in [0, 0.05) is 5.56 Å². The van der Waals surface area contributed by atoms with E-state index in [1.54, 1.807) is 6.92 Å². The molecule has 0 radical (unpaired) electrons. The largest absolute Gasteiger partial charge is 0.449 e. The smallest absolute Gasteiger partial charge is 0.338 e. The predicted molar refractivity (Wildman–Crippen MR) is 101 cm³/mol. The van der Waals surface area contributed by atoms with Gasteiger partial charge in [-0.15, -0.1) is 10.2 Å². The number of rotatable bonds is 6. The lowest BCUT2D eigenvalue weighted by molar-refractivity contribution is 0.0279. The molecule has 0 aliphatic carbocycles. The molecule has 0 saturated heterocycles. The van der Waals surface area contributed by atoms with Crippen LogP contribution >= 0.6 is 0 Å². The van der Waals surface area contributed by atoms with E-state index in [1.807, 2.05) is 31.2 Å². The van der Waals surface area contributed by atoms with Crippen LogP contribution in [0.3, 0.4) is 0 Å². The summed E-state index contributed by atoms with van der Waals surface area (Å²) in [6, 6.07) is 13.0. The molecule has 3 aromatic rings. The Labute approximate surface area is 162 Å². The summed E-state index contributed by atoms with van der Waals surface area (Å²) < 4.78 is 36.6. The van der Waals surface area contributed by atoms with Crippen molar-refractivity contribution in [3.63, 3.8) is 0 Å². The van der Waals surface area contributed by atoms with Crippen molar-refractivity contribution in [1.29, 1.82) is 0 Å². The van der Waals surface area contributed by atoms with Crippen LogP contribution in [0.5, 0.6) is 0 Å². The van der Waals surface area contributed by atoms with Gasteiger partial charge in [0.05, 0.1) is 10.5 Å². The van der Waals surface area contributed by atoms with Crippen LogP contribution in [0.15, 0.2) is 57.8 Å². The van der Waals surface area contributed by atoms with Crippen molar-refractivity contribution in [1.82, 2.24) is 14.9 Å². The number of benzene rings is 2. The van der Waals surface area contributed by atoms with E-state index >= 15 is 0 Å². The molecule has 2 aromatic carbocycles. The predicted octanol–water partition coefficient (Wildman–Crippen LogP) is 2.87. The van der Waals surface area contributed by atoms with Crippen LogP contribution in [0.4, 0.5) is 0 Å². The highest BCUT2D eigenvalue weighted by molar-refractivity contribution is 7.89. The molecule has 0 saturated carbocycles. The molecule has 1 unspecified atom stereocenters. The van der Waals surface area contributed by atoms with Crippen molar-refractivity contribution in [2.75, 3.05) is 7.05 Å². The van der Waals surface area contributed by atoms with Gasteiger partial charge in [0.15, 0.2) is 6.10 Å². The highest BCUT2D eigenvalue weighted by Gasteiger charge is 2.20. The molecule has 146 valence electrons. The first-order chi connectivity index (χ1) is 13.3. The van der Waals surface area contributed by atoms with E-state index < -0.39 is 22.1 Å². The maximum atomic E-state index is 12.3. The number of carbonyl (C=O) groups excluding carboxylic acids is 1. The Morgan fingerprint density at radius 2 is 1.71 bits per heavy atom. The number of carbonyl (C=O) groups is 1. The molecule has 1 heterocycles. The third-order valence-corrected chi connectivity index (χ3v) is 5.47. The number of nitrogens with zero attached hydrogens (tertiary/aromatic N) is 2. The van der Waals surface area contributed by atoms with E-state index in [4.69, 9.17) is 9.15 Å². The van der Waals surface area contributed by atoms with Crippen molar-refractivity contribution >= 4 is 16.0 Å². The van der Waals surface area contributed by atoms with Gasteiger partial charge in [-0.05, 0) is 57.3 Å². The van der Waals surface area contributed by atoms with Crippen molar-refractivity contribution in [3.05, 3.63) is 65.5 Å². The molecule has 9 heteroatoms. The fraction of sp³-hybridized carbons (Fsp3) is 0.211. The molecule has 0 bridgehead atoms. The molecule has 0 spiro atoms. The maximum Gasteiger partial charge on any atom is 0.338 e. The number of sulfonamides is 1. The summed E-state index contributed by atoms with van der Waals surface area (Å²) in [6.45, 7) is 3.59. The first kappa shape index (κ1) is 19.7. The Bertz CT molecular complexity index is 1070. The molecule has 1 aromatic heterocycles. The molecule has 8 nitrogen and oxygen atoms in total. The highest BCUT2D eigenvalue weighted by Crippen LogP contribution is 2.23. The van der Waals surface area contributed by atoms with Crippen molar-refractivity contribution in [2.24, 2.45) is 0 Å². The number of esters is 1. The van der Waals surface area contributed by atoms with Crippen LogP contribution in [-0.4, -0.2) is 31.6 Å². The second-order valence-electron chi connectivity index (χ2n) is 6.09. The molecule has 0 aliphatic heterocycles. The number of nitrogens with one attached hydrogen (secondary N) is 1. The van der Waals surface area contributed by atoms with E-state index in [1.165, 1.54) is 31.3 Å². The summed E-state index contributed by atoms with van der Waals surface area (Å²) in [6.07, 6.45) is -0.764. The van der Waals surface area contributed by atoms with E-state index in [0.717, 1.165) is 11.1 Å². The minimum atomic E-state index is -3.57. The fourth-order valence-corrected chi connectivity index (χ4v) is 3.11. The first-order valence-corrected chi connectivity index (χ1v) is 9.93. The summed E-state index contributed by atoms with van der Waals surface area (Å²) in [4.78, 5) is 12.4. The lowest BCUT2D eigenvalue weighted by Crippen LogP contribution is -2.18.